The molecule has 23 heavy (non-hydrogen) atoms. The van der Waals surface area contributed by atoms with Crippen molar-refractivity contribution in [3.63, 3.8) is 0 Å². The maximum absolute atomic E-state index is 8.98. The zero-order valence-electron chi connectivity index (χ0n) is 12.0. The first kappa shape index (κ1) is 12.5. The van der Waals surface area contributed by atoms with Crippen LogP contribution in [0.15, 0.2) is 59.0 Å². The van der Waals surface area contributed by atoms with Crippen LogP contribution in [0, 0.1) is 11.3 Å². The van der Waals surface area contributed by atoms with E-state index in [4.69, 9.17) is 9.68 Å². The summed E-state index contributed by atoms with van der Waals surface area (Å²) in [7, 11) is 0. The number of nitrogens with one attached hydrogen (secondary N) is 1. The predicted octanol–water partition coefficient (Wildman–Crippen LogP) is 5.67. The molecule has 1 N–H and O–H groups in total. The Morgan fingerprint density at radius 3 is 2.78 bits per heavy atom. The zero-order chi connectivity index (χ0) is 15.4. The zero-order valence-corrected chi connectivity index (χ0v) is 12.8. The Kier molecular flexibility index (Phi) is 2.44. The van der Waals surface area contributed by atoms with Crippen molar-refractivity contribution in [3.8, 4) is 16.5 Å². The summed E-state index contributed by atoms with van der Waals surface area (Å²) in [5.74, 6) is 0. The number of thiophene rings is 1. The number of rotatable bonds is 1. The summed E-state index contributed by atoms with van der Waals surface area (Å²) in [6.45, 7) is 0. The fourth-order valence-electron chi connectivity index (χ4n) is 3.04. The number of H-pyrrole nitrogens is 1. The molecule has 3 heterocycles. The lowest BCUT2D eigenvalue weighted by Crippen LogP contribution is -1.73. The first-order valence-electron chi connectivity index (χ1n) is 7.27. The fourth-order valence-corrected chi connectivity index (χ4v) is 3.84. The normalized spacial score (nSPS) is 11.4. The Labute approximate surface area is 135 Å². The molecule has 0 aliphatic carbocycles. The van der Waals surface area contributed by atoms with Crippen LogP contribution < -0.4 is 0 Å². The Hall–Kier alpha value is -3.03. The summed E-state index contributed by atoms with van der Waals surface area (Å²) in [4.78, 5) is 5.24. The van der Waals surface area contributed by atoms with Gasteiger partial charge in [-0.05, 0) is 42.0 Å². The number of fused-ring (bicyclic) bond motifs is 5. The number of hydrogen-bond donors (Lipinski definition) is 1. The van der Waals surface area contributed by atoms with E-state index in [0.29, 0.717) is 0 Å². The van der Waals surface area contributed by atoms with Gasteiger partial charge in [0.05, 0.1) is 5.52 Å². The second-order valence-corrected chi connectivity index (χ2v) is 6.55. The van der Waals surface area contributed by atoms with Gasteiger partial charge in [0.1, 0.15) is 16.5 Å². The van der Waals surface area contributed by atoms with Crippen LogP contribution in [0.5, 0.6) is 0 Å². The van der Waals surface area contributed by atoms with Gasteiger partial charge in [0.25, 0.3) is 0 Å². The van der Waals surface area contributed by atoms with Crippen molar-refractivity contribution in [2.75, 3.05) is 0 Å². The van der Waals surface area contributed by atoms with Gasteiger partial charge in [-0.15, -0.1) is 11.3 Å². The SMILES string of the molecule is N#Cc1ccc(-c2ccc3c(c2)oc2c4ccccc4[nH]c32)s1. The van der Waals surface area contributed by atoms with Crippen molar-refractivity contribution in [3.05, 3.63) is 59.5 Å². The van der Waals surface area contributed by atoms with Crippen LogP contribution >= 0.6 is 11.3 Å². The summed E-state index contributed by atoms with van der Waals surface area (Å²) in [6.07, 6.45) is 0. The molecular weight excluding hydrogens is 304 g/mol. The van der Waals surface area contributed by atoms with Crippen molar-refractivity contribution < 1.29 is 4.42 Å². The van der Waals surface area contributed by atoms with E-state index in [-0.39, 0.29) is 0 Å². The topological polar surface area (TPSA) is 52.7 Å². The highest BCUT2D eigenvalue weighted by atomic mass is 32.1. The lowest BCUT2D eigenvalue weighted by molar-refractivity contribution is 0.673. The van der Waals surface area contributed by atoms with Crippen molar-refractivity contribution in [2.45, 2.75) is 0 Å². The Balaban J connectivity index is 1.77. The van der Waals surface area contributed by atoms with Gasteiger partial charge in [-0.1, -0.05) is 18.2 Å². The average molecular weight is 314 g/mol. The summed E-state index contributed by atoms with van der Waals surface area (Å²) in [6, 6.07) is 20.4. The number of benzene rings is 2. The molecule has 0 aliphatic heterocycles. The third kappa shape index (κ3) is 1.74. The summed E-state index contributed by atoms with van der Waals surface area (Å²) in [5, 5.41) is 11.2. The highest BCUT2D eigenvalue weighted by molar-refractivity contribution is 7.16. The third-order valence-corrected chi connectivity index (χ3v) is 5.16. The lowest BCUT2D eigenvalue weighted by Gasteiger charge is -1.97. The molecule has 0 saturated carbocycles. The number of nitriles is 1. The van der Waals surface area contributed by atoms with Crippen molar-refractivity contribution in [1.82, 2.24) is 4.98 Å². The summed E-state index contributed by atoms with van der Waals surface area (Å²) < 4.78 is 6.11. The maximum atomic E-state index is 8.98. The molecule has 4 heteroatoms. The number of hydrogen-bond acceptors (Lipinski definition) is 3. The van der Waals surface area contributed by atoms with E-state index in [1.54, 1.807) is 0 Å². The Morgan fingerprint density at radius 1 is 1.00 bits per heavy atom. The molecule has 5 rings (SSSR count). The molecule has 0 unspecified atom stereocenters. The van der Waals surface area contributed by atoms with E-state index in [1.807, 2.05) is 30.3 Å². The van der Waals surface area contributed by atoms with Crippen LogP contribution in [0.4, 0.5) is 0 Å². The number of aromatic nitrogens is 1. The molecule has 2 aromatic carbocycles. The molecule has 0 radical (unpaired) electrons. The minimum atomic E-state index is 0.720. The highest BCUT2D eigenvalue weighted by Crippen LogP contribution is 2.37. The molecular formula is C19H10N2OS. The van der Waals surface area contributed by atoms with E-state index in [2.05, 4.69) is 35.3 Å². The van der Waals surface area contributed by atoms with Gasteiger partial charge in [-0.3, -0.25) is 0 Å². The predicted molar refractivity (Wildman–Crippen MR) is 93.6 cm³/mol. The average Bonchev–Trinajstić information content (AvgIpc) is 3.27. The number of para-hydroxylation sites is 1. The summed E-state index contributed by atoms with van der Waals surface area (Å²) >= 11 is 1.50. The maximum Gasteiger partial charge on any atom is 0.160 e. The van der Waals surface area contributed by atoms with Gasteiger partial charge >= 0.3 is 0 Å². The van der Waals surface area contributed by atoms with Crippen LogP contribution in [-0.2, 0) is 0 Å². The highest BCUT2D eigenvalue weighted by Gasteiger charge is 2.14. The van der Waals surface area contributed by atoms with Gasteiger partial charge in [0, 0.05) is 21.2 Å². The second kappa shape index (κ2) is 4.48. The van der Waals surface area contributed by atoms with E-state index < -0.39 is 0 Å². The van der Waals surface area contributed by atoms with Gasteiger partial charge in [0.2, 0.25) is 0 Å². The van der Waals surface area contributed by atoms with Crippen molar-refractivity contribution in [2.24, 2.45) is 0 Å². The molecule has 0 fully saturated rings. The van der Waals surface area contributed by atoms with Gasteiger partial charge in [-0.2, -0.15) is 5.26 Å². The largest absolute Gasteiger partial charge is 0.454 e. The smallest absolute Gasteiger partial charge is 0.160 e. The molecule has 0 atom stereocenters. The number of aromatic amines is 1. The molecule has 5 aromatic rings. The first-order chi connectivity index (χ1) is 11.3. The number of furan rings is 1. The van der Waals surface area contributed by atoms with Crippen molar-refractivity contribution >= 4 is 44.3 Å². The Bertz CT molecular complexity index is 1230. The van der Waals surface area contributed by atoms with Crippen LogP contribution in [0.25, 0.3) is 43.4 Å². The molecule has 3 nitrogen and oxygen atoms in total. The minimum Gasteiger partial charge on any atom is -0.454 e. The first-order valence-corrected chi connectivity index (χ1v) is 8.08. The standard InChI is InChI=1S/C19H10N2OS/c20-10-12-6-8-17(23-12)11-5-7-14-16(9-11)22-19-13-3-1-2-4-15(13)21-18(14)19/h1-9,21H. The molecule has 0 amide bonds. The van der Waals surface area contributed by atoms with Gasteiger partial charge < -0.3 is 9.40 Å². The van der Waals surface area contributed by atoms with Gasteiger partial charge in [-0.25, -0.2) is 0 Å². The summed E-state index contributed by atoms with van der Waals surface area (Å²) in [5.41, 5.74) is 4.96. The van der Waals surface area contributed by atoms with Crippen LogP contribution in [-0.4, -0.2) is 4.98 Å². The molecule has 0 bridgehead atoms. The fraction of sp³-hybridized carbons (Fsp3) is 0. The Morgan fingerprint density at radius 2 is 1.91 bits per heavy atom. The lowest BCUT2D eigenvalue weighted by atomic mass is 10.1. The monoisotopic (exact) mass is 314 g/mol. The molecule has 3 aromatic heterocycles. The van der Waals surface area contributed by atoms with E-state index in [1.165, 1.54) is 11.3 Å². The quantitative estimate of drug-likeness (QED) is 0.433. The van der Waals surface area contributed by atoms with E-state index >= 15 is 0 Å². The van der Waals surface area contributed by atoms with Crippen molar-refractivity contribution in [1.29, 1.82) is 5.26 Å². The van der Waals surface area contributed by atoms with E-state index in [9.17, 15) is 0 Å². The minimum absolute atomic E-state index is 0.720. The van der Waals surface area contributed by atoms with Crippen LogP contribution in [0.2, 0.25) is 0 Å². The van der Waals surface area contributed by atoms with Gasteiger partial charge in [0.15, 0.2) is 5.58 Å². The molecule has 0 spiro atoms. The number of nitrogens with zero attached hydrogens (tertiary/aromatic N) is 1. The molecule has 0 aliphatic rings. The molecule has 0 saturated heterocycles. The third-order valence-electron chi connectivity index (χ3n) is 4.12. The van der Waals surface area contributed by atoms with Crippen LogP contribution in [0.3, 0.4) is 0 Å². The van der Waals surface area contributed by atoms with Crippen LogP contribution in [0.1, 0.15) is 4.88 Å². The van der Waals surface area contributed by atoms with E-state index in [0.717, 1.165) is 48.3 Å². The second-order valence-electron chi connectivity index (χ2n) is 5.46. The molecule has 108 valence electrons.